The molecule has 4 heteroatoms. The van der Waals surface area contributed by atoms with E-state index in [-0.39, 0.29) is 6.10 Å². The molecule has 1 heterocycles. The van der Waals surface area contributed by atoms with E-state index in [1.807, 2.05) is 38.1 Å². The number of rotatable bonds is 5. The summed E-state index contributed by atoms with van der Waals surface area (Å²) in [4.78, 5) is 4.18. The second-order valence-electron chi connectivity index (χ2n) is 4.25. The van der Waals surface area contributed by atoms with Gasteiger partial charge in [0.05, 0.1) is 12.3 Å². The van der Waals surface area contributed by atoms with Crippen LogP contribution < -0.4 is 4.74 Å². The third-order valence-corrected chi connectivity index (χ3v) is 2.54. The normalized spacial score (nSPS) is 10.9. The number of oxazole rings is 1. The first-order valence-electron chi connectivity index (χ1n) is 5.97. The van der Waals surface area contributed by atoms with Gasteiger partial charge in [-0.1, -0.05) is 12.1 Å². The lowest BCUT2D eigenvalue weighted by molar-refractivity contribution is 0.242. The minimum Gasteiger partial charge on any atom is -0.491 e. The SMILES string of the molecule is CC(C)Oc1cccc(-c2cnc(CCCl)o2)c1. The van der Waals surface area contributed by atoms with Crippen molar-refractivity contribution in [3.63, 3.8) is 0 Å². The van der Waals surface area contributed by atoms with Crippen molar-refractivity contribution >= 4 is 11.6 Å². The minimum absolute atomic E-state index is 0.154. The van der Waals surface area contributed by atoms with E-state index in [0.717, 1.165) is 17.1 Å². The van der Waals surface area contributed by atoms with Crippen LogP contribution in [0.25, 0.3) is 11.3 Å². The Hall–Kier alpha value is -1.48. The molecule has 0 N–H and O–H groups in total. The number of nitrogens with zero attached hydrogens (tertiary/aromatic N) is 1. The smallest absolute Gasteiger partial charge is 0.196 e. The molecule has 0 aliphatic carbocycles. The molecule has 2 aromatic rings. The number of hydrogen-bond acceptors (Lipinski definition) is 3. The second-order valence-corrected chi connectivity index (χ2v) is 4.63. The number of halogens is 1. The van der Waals surface area contributed by atoms with Gasteiger partial charge in [-0.2, -0.15) is 0 Å². The molecule has 0 radical (unpaired) electrons. The van der Waals surface area contributed by atoms with Crippen molar-refractivity contribution in [3.8, 4) is 17.1 Å². The van der Waals surface area contributed by atoms with E-state index in [4.69, 9.17) is 20.8 Å². The molecule has 2 rings (SSSR count). The average Bonchev–Trinajstić information content (AvgIpc) is 2.78. The fraction of sp³-hybridized carbons (Fsp3) is 0.357. The molecule has 1 aromatic heterocycles. The molecule has 0 fully saturated rings. The van der Waals surface area contributed by atoms with Crippen molar-refractivity contribution in [3.05, 3.63) is 36.4 Å². The molecule has 0 saturated heterocycles. The molecule has 0 saturated carbocycles. The fourth-order valence-electron chi connectivity index (χ4n) is 1.63. The predicted molar refractivity (Wildman–Crippen MR) is 72.1 cm³/mol. The summed E-state index contributed by atoms with van der Waals surface area (Å²) < 4.78 is 11.3. The van der Waals surface area contributed by atoms with Gasteiger partial charge in [0, 0.05) is 17.9 Å². The monoisotopic (exact) mass is 265 g/mol. The maximum Gasteiger partial charge on any atom is 0.196 e. The van der Waals surface area contributed by atoms with Crippen LogP contribution >= 0.6 is 11.6 Å². The zero-order valence-corrected chi connectivity index (χ0v) is 11.3. The highest BCUT2D eigenvalue weighted by molar-refractivity contribution is 6.17. The van der Waals surface area contributed by atoms with E-state index in [1.54, 1.807) is 6.20 Å². The highest BCUT2D eigenvalue weighted by Gasteiger charge is 2.07. The number of aromatic nitrogens is 1. The molecule has 0 atom stereocenters. The van der Waals surface area contributed by atoms with Crippen LogP contribution in [0.2, 0.25) is 0 Å². The Kier molecular flexibility index (Phi) is 4.26. The van der Waals surface area contributed by atoms with Crippen molar-refractivity contribution in [2.24, 2.45) is 0 Å². The molecule has 0 unspecified atom stereocenters. The molecule has 0 bridgehead atoms. The Bertz CT molecular complexity index is 508. The van der Waals surface area contributed by atoms with E-state index in [2.05, 4.69) is 4.98 Å². The molecule has 0 aliphatic rings. The molecule has 0 amide bonds. The van der Waals surface area contributed by atoms with Gasteiger partial charge in [-0.15, -0.1) is 11.6 Å². The summed E-state index contributed by atoms with van der Waals surface area (Å²) in [7, 11) is 0. The lowest BCUT2D eigenvalue weighted by atomic mass is 10.2. The minimum atomic E-state index is 0.154. The first-order valence-corrected chi connectivity index (χ1v) is 6.50. The van der Waals surface area contributed by atoms with Crippen LogP contribution in [0.1, 0.15) is 19.7 Å². The van der Waals surface area contributed by atoms with Crippen molar-refractivity contribution in [2.45, 2.75) is 26.4 Å². The van der Waals surface area contributed by atoms with E-state index >= 15 is 0 Å². The summed E-state index contributed by atoms with van der Waals surface area (Å²) in [5, 5.41) is 0. The third kappa shape index (κ3) is 3.26. The maximum atomic E-state index is 5.65. The lowest BCUT2D eigenvalue weighted by Gasteiger charge is -2.09. The average molecular weight is 266 g/mol. The summed E-state index contributed by atoms with van der Waals surface area (Å²) in [6, 6.07) is 7.79. The lowest BCUT2D eigenvalue weighted by Crippen LogP contribution is -2.05. The molecule has 18 heavy (non-hydrogen) atoms. The van der Waals surface area contributed by atoms with Gasteiger partial charge in [0.1, 0.15) is 5.75 Å². The summed E-state index contributed by atoms with van der Waals surface area (Å²) in [5.74, 6) is 2.74. The largest absolute Gasteiger partial charge is 0.491 e. The summed E-state index contributed by atoms with van der Waals surface area (Å²) in [5.41, 5.74) is 0.960. The highest BCUT2D eigenvalue weighted by atomic mass is 35.5. The standard InChI is InChI=1S/C14H16ClNO2/c1-10(2)17-12-5-3-4-11(8-12)13-9-16-14(18-13)6-7-15/h3-5,8-10H,6-7H2,1-2H3. The number of ether oxygens (including phenoxy) is 1. The maximum absolute atomic E-state index is 5.65. The Morgan fingerprint density at radius 1 is 1.39 bits per heavy atom. The van der Waals surface area contributed by atoms with Crippen LogP contribution in [0.4, 0.5) is 0 Å². The Balaban J connectivity index is 2.21. The van der Waals surface area contributed by atoms with Crippen molar-refractivity contribution in [1.29, 1.82) is 0 Å². The van der Waals surface area contributed by atoms with Gasteiger partial charge < -0.3 is 9.15 Å². The molecular formula is C14H16ClNO2. The zero-order chi connectivity index (χ0) is 13.0. The van der Waals surface area contributed by atoms with E-state index < -0.39 is 0 Å². The van der Waals surface area contributed by atoms with Crippen LogP contribution in [0.15, 0.2) is 34.9 Å². The topological polar surface area (TPSA) is 35.3 Å². The zero-order valence-electron chi connectivity index (χ0n) is 10.5. The molecular weight excluding hydrogens is 250 g/mol. The van der Waals surface area contributed by atoms with Crippen molar-refractivity contribution < 1.29 is 9.15 Å². The number of alkyl halides is 1. The predicted octanol–water partition coefficient (Wildman–Crippen LogP) is 3.91. The van der Waals surface area contributed by atoms with Gasteiger partial charge in [-0.3, -0.25) is 0 Å². The molecule has 96 valence electrons. The summed E-state index contributed by atoms with van der Waals surface area (Å²) in [6.07, 6.45) is 2.52. The van der Waals surface area contributed by atoms with Crippen molar-refractivity contribution in [2.75, 3.05) is 5.88 Å². The van der Waals surface area contributed by atoms with Gasteiger partial charge in [-0.25, -0.2) is 4.98 Å². The Morgan fingerprint density at radius 2 is 2.22 bits per heavy atom. The van der Waals surface area contributed by atoms with E-state index in [1.165, 1.54) is 0 Å². The van der Waals surface area contributed by atoms with E-state index in [9.17, 15) is 0 Å². The highest BCUT2D eigenvalue weighted by Crippen LogP contribution is 2.25. The second kappa shape index (κ2) is 5.91. The molecule has 1 aromatic carbocycles. The van der Waals surface area contributed by atoms with Gasteiger partial charge in [0.2, 0.25) is 0 Å². The summed E-state index contributed by atoms with van der Waals surface area (Å²) in [6.45, 7) is 4.00. The molecule has 3 nitrogen and oxygen atoms in total. The van der Waals surface area contributed by atoms with Gasteiger partial charge >= 0.3 is 0 Å². The number of benzene rings is 1. The van der Waals surface area contributed by atoms with Crippen LogP contribution in [0.3, 0.4) is 0 Å². The van der Waals surface area contributed by atoms with Gasteiger partial charge in [-0.05, 0) is 26.0 Å². The quantitative estimate of drug-likeness (QED) is 0.769. The van der Waals surface area contributed by atoms with E-state index in [0.29, 0.717) is 18.2 Å². The Labute approximate surface area is 112 Å². The molecule has 0 spiro atoms. The number of aryl methyl sites for hydroxylation is 1. The van der Waals surface area contributed by atoms with Crippen LogP contribution in [0, 0.1) is 0 Å². The van der Waals surface area contributed by atoms with Crippen molar-refractivity contribution in [1.82, 2.24) is 4.98 Å². The first-order chi connectivity index (χ1) is 8.69. The number of hydrogen-bond donors (Lipinski definition) is 0. The van der Waals surface area contributed by atoms with Crippen LogP contribution in [-0.4, -0.2) is 17.0 Å². The first kappa shape index (κ1) is 13.0. The van der Waals surface area contributed by atoms with Crippen LogP contribution in [0.5, 0.6) is 5.75 Å². The fourth-order valence-corrected chi connectivity index (χ4v) is 1.80. The third-order valence-electron chi connectivity index (χ3n) is 2.35. The van der Waals surface area contributed by atoms with Crippen LogP contribution in [-0.2, 0) is 6.42 Å². The Morgan fingerprint density at radius 3 is 2.94 bits per heavy atom. The molecule has 0 aliphatic heterocycles. The summed E-state index contributed by atoms with van der Waals surface area (Å²) >= 11 is 5.65. The van der Waals surface area contributed by atoms with Gasteiger partial charge in [0.15, 0.2) is 11.7 Å². The van der Waals surface area contributed by atoms with Gasteiger partial charge in [0.25, 0.3) is 0 Å².